The summed E-state index contributed by atoms with van der Waals surface area (Å²) < 4.78 is 0. The fourth-order valence-electron chi connectivity index (χ4n) is 2.82. The number of hydrogen-bond donors (Lipinski definition) is 2. The molecule has 2 rings (SSSR count). The van der Waals surface area contributed by atoms with Crippen molar-refractivity contribution >= 4 is 0 Å². The third-order valence-electron chi connectivity index (χ3n) is 3.69. The number of benzene rings is 1. The first kappa shape index (κ1) is 14.5. The van der Waals surface area contributed by atoms with Crippen LogP contribution in [0.2, 0.25) is 0 Å². The van der Waals surface area contributed by atoms with Crippen molar-refractivity contribution in [3.05, 3.63) is 35.9 Å². The van der Waals surface area contributed by atoms with Gasteiger partial charge in [-0.25, -0.2) is 0 Å². The van der Waals surface area contributed by atoms with Gasteiger partial charge in [0.15, 0.2) is 0 Å². The van der Waals surface area contributed by atoms with E-state index in [1.807, 2.05) is 6.07 Å². The maximum absolute atomic E-state index is 9.99. The van der Waals surface area contributed by atoms with Crippen molar-refractivity contribution in [1.82, 2.24) is 10.2 Å². The van der Waals surface area contributed by atoms with Gasteiger partial charge >= 0.3 is 0 Å². The summed E-state index contributed by atoms with van der Waals surface area (Å²) in [7, 11) is 0. The molecule has 0 aromatic heterocycles. The molecule has 19 heavy (non-hydrogen) atoms. The molecule has 0 bridgehead atoms. The van der Waals surface area contributed by atoms with Crippen molar-refractivity contribution in [1.29, 1.82) is 0 Å². The van der Waals surface area contributed by atoms with E-state index in [4.69, 9.17) is 0 Å². The van der Waals surface area contributed by atoms with Gasteiger partial charge in [0.2, 0.25) is 0 Å². The second-order valence-corrected chi connectivity index (χ2v) is 6.01. The van der Waals surface area contributed by atoms with E-state index in [0.29, 0.717) is 18.5 Å². The molecule has 0 spiro atoms. The molecule has 2 atom stereocenters. The van der Waals surface area contributed by atoms with Crippen LogP contribution in [0.3, 0.4) is 0 Å². The number of nitrogens with zero attached hydrogens (tertiary/aromatic N) is 1. The van der Waals surface area contributed by atoms with Gasteiger partial charge < -0.3 is 10.4 Å². The molecule has 0 aliphatic carbocycles. The van der Waals surface area contributed by atoms with Crippen molar-refractivity contribution in [3.63, 3.8) is 0 Å². The molecule has 1 fully saturated rings. The van der Waals surface area contributed by atoms with Gasteiger partial charge in [0.25, 0.3) is 0 Å². The highest BCUT2D eigenvalue weighted by atomic mass is 16.3. The van der Waals surface area contributed by atoms with Gasteiger partial charge in [-0.15, -0.1) is 0 Å². The van der Waals surface area contributed by atoms with E-state index >= 15 is 0 Å². The third-order valence-corrected chi connectivity index (χ3v) is 3.69. The van der Waals surface area contributed by atoms with Crippen molar-refractivity contribution in [2.24, 2.45) is 5.92 Å². The molecule has 1 aromatic rings. The lowest BCUT2D eigenvalue weighted by molar-refractivity contribution is 0.0981. The molecule has 2 N–H and O–H groups in total. The van der Waals surface area contributed by atoms with E-state index in [0.717, 1.165) is 19.6 Å². The fourth-order valence-corrected chi connectivity index (χ4v) is 2.82. The lowest BCUT2D eigenvalue weighted by Gasteiger charge is -2.31. The van der Waals surface area contributed by atoms with Crippen LogP contribution < -0.4 is 5.32 Å². The summed E-state index contributed by atoms with van der Waals surface area (Å²) in [6, 6.07) is 11.1. The van der Waals surface area contributed by atoms with Crippen LogP contribution in [-0.2, 0) is 6.54 Å². The zero-order valence-corrected chi connectivity index (χ0v) is 12.0. The van der Waals surface area contributed by atoms with Gasteiger partial charge in [0.05, 0.1) is 6.10 Å². The van der Waals surface area contributed by atoms with Crippen LogP contribution in [0.4, 0.5) is 0 Å². The van der Waals surface area contributed by atoms with Crippen LogP contribution in [0.5, 0.6) is 0 Å². The standard InChI is InChI=1S/C16H26N2O/c1-13(2)8-15-9-17-10-16(19)12-18(15)11-14-6-4-3-5-7-14/h3-7,13,15-17,19H,8-12H2,1-2H3/t15-,16-/m1/s1. The summed E-state index contributed by atoms with van der Waals surface area (Å²) in [6.45, 7) is 7.91. The Bertz CT molecular complexity index is 366. The topological polar surface area (TPSA) is 35.5 Å². The van der Waals surface area contributed by atoms with Crippen LogP contribution in [0.1, 0.15) is 25.8 Å². The predicted molar refractivity (Wildman–Crippen MR) is 79.0 cm³/mol. The van der Waals surface area contributed by atoms with E-state index in [1.54, 1.807) is 0 Å². The second kappa shape index (κ2) is 7.04. The summed E-state index contributed by atoms with van der Waals surface area (Å²) in [5.41, 5.74) is 1.32. The minimum absolute atomic E-state index is 0.263. The molecule has 1 heterocycles. The van der Waals surface area contributed by atoms with Crippen molar-refractivity contribution in [3.8, 4) is 0 Å². The SMILES string of the molecule is CC(C)C[C@@H]1CNC[C@@H](O)CN1Cc1ccccc1. The summed E-state index contributed by atoms with van der Waals surface area (Å²) in [5, 5.41) is 13.4. The molecule has 1 aliphatic rings. The molecule has 106 valence electrons. The van der Waals surface area contributed by atoms with Crippen molar-refractivity contribution in [2.45, 2.75) is 39.0 Å². The molecular weight excluding hydrogens is 236 g/mol. The highest BCUT2D eigenvalue weighted by molar-refractivity contribution is 5.14. The largest absolute Gasteiger partial charge is 0.390 e. The van der Waals surface area contributed by atoms with Crippen molar-refractivity contribution < 1.29 is 5.11 Å². The van der Waals surface area contributed by atoms with Crippen LogP contribution >= 0.6 is 0 Å². The highest BCUT2D eigenvalue weighted by Crippen LogP contribution is 2.17. The number of nitrogens with one attached hydrogen (secondary N) is 1. The average molecular weight is 262 g/mol. The molecule has 1 saturated heterocycles. The first-order chi connectivity index (χ1) is 9.15. The smallest absolute Gasteiger partial charge is 0.0791 e. The van der Waals surface area contributed by atoms with E-state index in [1.165, 1.54) is 12.0 Å². The molecule has 1 aromatic carbocycles. The first-order valence-electron chi connectivity index (χ1n) is 7.32. The Balaban J connectivity index is 2.06. The lowest BCUT2D eigenvalue weighted by Crippen LogP contribution is -2.41. The normalized spacial score (nSPS) is 25.5. The summed E-state index contributed by atoms with van der Waals surface area (Å²) in [6.07, 6.45) is 0.910. The molecule has 3 nitrogen and oxygen atoms in total. The third kappa shape index (κ3) is 4.60. The summed E-state index contributed by atoms with van der Waals surface area (Å²) >= 11 is 0. The van der Waals surface area contributed by atoms with Crippen LogP contribution in [0, 0.1) is 5.92 Å². The number of aliphatic hydroxyl groups is 1. The highest BCUT2D eigenvalue weighted by Gasteiger charge is 2.25. The Morgan fingerprint density at radius 3 is 2.68 bits per heavy atom. The molecule has 0 saturated carbocycles. The molecule has 0 radical (unpaired) electrons. The van der Waals surface area contributed by atoms with Gasteiger partial charge in [-0.3, -0.25) is 4.90 Å². The van der Waals surface area contributed by atoms with E-state index in [9.17, 15) is 5.11 Å². The fraction of sp³-hybridized carbons (Fsp3) is 0.625. The monoisotopic (exact) mass is 262 g/mol. The molecule has 0 amide bonds. The van der Waals surface area contributed by atoms with E-state index in [-0.39, 0.29) is 6.10 Å². The Morgan fingerprint density at radius 1 is 1.26 bits per heavy atom. The minimum Gasteiger partial charge on any atom is -0.390 e. The van der Waals surface area contributed by atoms with Gasteiger partial charge in [-0.1, -0.05) is 44.2 Å². The van der Waals surface area contributed by atoms with Crippen molar-refractivity contribution in [2.75, 3.05) is 19.6 Å². The number of rotatable bonds is 4. The Morgan fingerprint density at radius 2 is 2.00 bits per heavy atom. The Labute approximate surface area is 116 Å². The van der Waals surface area contributed by atoms with Crippen LogP contribution in [0.25, 0.3) is 0 Å². The average Bonchev–Trinajstić information content (AvgIpc) is 2.53. The minimum atomic E-state index is -0.263. The second-order valence-electron chi connectivity index (χ2n) is 6.01. The predicted octanol–water partition coefficient (Wildman–Crippen LogP) is 1.87. The zero-order chi connectivity index (χ0) is 13.7. The van der Waals surface area contributed by atoms with Crippen LogP contribution in [-0.4, -0.2) is 41.8 Å². The van der Waals surface area contributed by atoms with Gasteiger partial charge in [0, 0.05) is 32.2 Å². The maximum atomic E-state index is 9.99. The van der Waals surface area contributed by atoms with Gasteiger partial charge in [-0.05, 0) is 17.9 Å². The number of β-amino-alcohol motifs (C(OH)–C–C–N with tert-alkyl or cyclic N) is 1. The number of aliphatic hydroxyl groups excluding tert-OH is 1. The molecule has 3 heteroatoms. The van der Waals surface area contributed by atoms with Gasteiger partial charge in [0.1, 0.15) is 0 Å². The molecule has 1 aliphatic heterocycles. The van der Waals surface area contributed by atoms with E-state index < -0.39 is 0 Å². The lowest BCUT2D eigenvalue weighted by atomic mass is 10.0. The van der Waals surface area contributed by atoms with Crippen LogP contribution in [0.15, 0.2) is 30.3 Å². The summed E-state index contributed by atoms with van der Waals surface area (Å²) in [5.74, 6) is 0.681. The zero-order valence-electron chi connectivity index (χ0n) is 12.0. The Kier molecular flexibility index (Phi) is 5.37. The molecular formula is C16H26N2O. The van der Waals surface area contributed by atoms with Gasteiger partial charge in [-0.2, -0.15) is 0 Å². The molecule has 0 unspecified atom stereocenters. The summed E-state index contributed by atoms with van der Waals surface area (Å²) in [4.78, 5) is 2.43. The first-order valence-corrected chi connectivity index (χ1v) is 7.32. The van der Waals surface area contributed by atoms with E-state index in [2.05, 4.69) is 48.3 Å². The quantitative estimate of drug-likeness (QED) is 0.869. The Hall–Kier alpha value is -0.900. The number of hydrogen-bond acceptors (Lipinski definition) is 3. The maximum Gasteiger partial charge on any atom is 0.0791 e.